The first kappa shape index (κ1) is 24.9. The first-order valence-electron chi connectivity index (χ1n) is 11.9. The lowest BCUT2D eigenvalue weighted by Gasteiger charge is -2.19. The molecule has 1 aliphatic rings. The van der Waals surface area contributed by atoms with E-state index in [4.69, 9.17) is 27.1 Å². The number of nitrogens with one attached hydrogen (secondary N) is 1. The van der Waals surface area contributed by atoms with Gasteiger partial charge in [0.25, 0.3) is 0 Å². The molecular formula is C26H31ClN6O2. The monoisotopic (exact) mass is 494 g/mol. The Morgan fingerprint density at radius 2 is 1.94 bits per heavy atom. The van der Waals surface area contributed by atoms with Gasteiger partial charge in [0.1, 0.15) is 17.6 Å². The van der Waals surface area contributed by atoms with Crippen LogP contribution in [0.2, 0.25) is 5.02 Å². The Balaban J connectivity index is 1.79. The number of hydrogen-bond donors (Lipinski definition) is 2. The molecule has 0 bridgehead atoms. The van der Waals surface area contributed by atoms with Gasteiger partial charge in [0.15, 0.2) is 5.82 Å². The standard InChI is InChI=1S/C26H31ClN6O2/c1-16(26(34)29-14-6-4-5-13-28)23-25-32-31-17(2)33(25)22-12-11-20(35-3)15-21(22)24(30-23)18-7-9-19(27)10-8-18/h7-12,15-16,23H,4-6,13-14,28H2,1-3H3,(H,29,34)/t16-,23+/m1/s1. The Hall–Kier alpha value is -3.23. The number of hydrogen-bond acceptors (Lipinski definition) is 6. The van der Waals surface area contributed by atoms with Crippen LogP contribution in [0.15, 0.2) is 47.5 Å². The minimum Gasteiger partial charge on any atom is -0.497 e. The molecule has 1 aromatic heterocycles. The Morgan fingerprint density at radius 3 is 2.66 bits per heavy atom. The number of carbonyl (C=O) groups is 1. The van der Waals surface area contributed by atoms with Gasteiger partial charge in [-0.05, 0) is 56.6 Å². The summed E-state index contributed by atoms with van der Waals surface area (Å²) in [7, 11) is 1.63. The van der Waals surface area contributed by atoms with Gasteiger partial charge in [-0.2, -0.15) is 0 Å². The van der Waals surface area contributed by atoms with Gasteiger partial charge >= 0.3 is 0 Å². The molecule has 3 aromatic rings. The van der Waals surface area contributed by atoms with Crippen molar-refractivity contribution in [2.45, 2.75) is 39.2 Å². The van der Waals surface area contributed by atoms with Crippen LogP contribution in [-0.2, 0) is 4.79 Å². The largest absolute Gasteiger partial charge is 0.497 e. The quantitative estimate of drug-likeness (QED) is 0.437. The number of nitrogens with two attached hydrogens (primary N) is 1. The highest BCUT2D eigenvalue weighted by Crippen LogP contribution is 2.36. The van der Waals surface area contributed by atoms with Crippen LogP contribution in [0.4, 0.5) is 0 Å². The summed E-state index contributed by atoms with van der Waals surface area (Å²) in [5.41, 5.74) is 8.95. The van der Waals surface area contributed by atoms with Crippen LogP contribution in [0.1, 0.15) is 55.0 Å². The van der Waals surface area contributed by atoms with Crippen LogP contribution in [0.25, 0.3) is 5.69 Å². The van der Waals surface area contributed by atoms with Crippen molar-refractivity contribution in [1.29, 1.82) is 0 Å². The van der Waals surface area contributed by atoms with Crippen molar-refractivity contribution in [3.05, 3.63) is 70.3 Å². The minimum absolute atomic E-state index is 0.0716. The highest BCUT2D eigenvalue weighted by atomic mass is 35.5. The van der Waals surface area contributed by atoms with Gasteiger partial charge in [-0.25, -0.2) is 0 Å². The summed E-state index contributed by atoms with van der Waals surface area (Å²) in [6.45, 7) is 5.05. The van der Waals surface area contributed by atoms with E-state index in [2.05, 4.69) is 15.5 Å². The Labute approximate surface area is 210 Å². The van der Waals surface area contributed by atoms with Crippen molar-refractivity contribution < 1.29 is 9.53 Å². The molecule has 35 heavy (non-hydrogen) atoms. The maximum atomic E-state index is 13.2. The van der Waals surface area contributed by atoms with Crippen LogP contribution >= 0.6 is 11.6 Å². The number of aliphatic imine (C=N–C) groups is 1. The lowest BCUT2D eigenvalue weighted by Crippen LogP contribution is -2.33. The van der Waals surface area contributed by atoms with Crippen LogP contribution < -0.4 is 15.8 Å². The molecule has 3 N–H and O–H groups in total. The van der Waals surface area contributed by atoms with Crippen LogP contribution in [0.5, 0.6) is 5.75 Å². The number of aryl methyl sites for hydroxylation is 1. The van der Waals surface area contributed by atoms with Crippen LogP contribution in [0.3, 0.4) is 0 Å². The predicted molar refractivity (Wildman–Crippen MR) is 138 cm³/mol. The number of unbranched alkanes of at least 4 members (excludes halogenated alkanes) is 2. The molecule has 0 fully saturated rings. The second-order valence-electron chi connectivity index (χ2n) is 8.68. The summed E-state index contributed by atoms with van der Waals surface area (Å²) >= 11 is 6.17. The van der Waals surface area contributed by atoms with Gasteiger partial charge in [0.05, 0.1) is 24.4 Å². The van der Waals surface area contributed by atoms with Crippen molar-refractivity contribution in [1.82, 2.24) is 20.1 Å². The maximum Gasteiger partial charge on any atom is 0.225 e. The fourth-order valence-electron chi connectivity index (χ4n) is 4.30. The molecule has 1 aliphatic heterocycles. The van der Waals surface area contributed by atoms with Gasteiger partial charge < -0.3 is 15.8 Å². The van der Waals surface area contributed by atoms with E-state index in [1.165, 1.54) is 0 Å². The molecule has 9 heteroatoms. The smallest absolute Gasteiger partial charge is 0.225 e. The molecule has 0 aliphatic carbocycles. The van der Waals surface area contributed by atoms with E-state index in [0.29, 0.717) is 29.7 Å². The molecule has 1 amide bonds. The van der Waals surface area contributed by atoms with Crippen molar-refractivity contribution in [3.8, 4) is 11.4 Å². The third-order valence-electron chi connectivity index (χ3n) is 6.27. The van der Waals surface area contributed by atoms with Crippen molar-refractivity contribution >= 4 is 23.2 Å². The fourth-order valence-corrected chi connectivity index (χ4v) is 4.42. The van der Waals surface area contributed by atoms with E-state index in [-0.39, 0.29) is 5.91 Å². The number of methoxy groups -OCH3 is 1. The normalized spacial score (nSPS) is 15.5. The summed E-state index contributed by atoms with van der Waals surface area (Å²) in [6, 6.07) is 12.8. The Bertz CT molecular complexity index is 1220. The molecule has 2 atom stereocenters. The molecule has 184 valence electrons. The number of benzene rings is 2. The molecule has 0 saturated heterocycles. The number of carbonyl (C=O) groups excluding carboxylic acids is 1. The molecule has 2 heterocycles. The lowest BCUT2D eigenvalue weighted by molar-refractivity contribution is -0.125. The molecule has 0 saturated carbocycles. The third kappa shape index (κ3) is 5.23. The van der Waals surface area contributed by atoms with Gasteiger partial charge in [-0.1, -0.05) is 37.1 Å². The lowest BCUT2D eigenvalue weighted by atomic mass is 9.98. The molecule has 0 radical (unpaired) electrons. The van der Waals surface area contributed by atoms with E-state index in [0.717, 1.165) is 47.6 Å². The predicted octanol–water partition coefficient (Wildman–Crippen LogP) is 4.01. The number of aromatic nitrogens is 3. The van der Waals surface area contributed by atoms with Gasteiger partial charge in [-0.15, -0.1) is 10.2 Å². The fraction of sp³-hybridized carbons (Fsp3) is 0.385. The topological polar surface area (TPSA) is 107 Å². The number of ether oxygens (including phenoxy) is 1. The summed E-state index contributed by atoms with van der Waals surface area (Å²) in [6.07, 6.45) is 2.82. The molecule has 4 rings (SSSR count). The third-order valence-corrected chi connectivity index (χ3v) is 6.52. The van der Waals surface area contributed by atoms with Crippen molar-refractivity contribution in [2.24, 2.45) is 16.6 Å². The average Bonchev–Trinajstić information content (AvgIpc) is 3.18. The van der Waals surface area contributed by atoms with Crippen molar-refractivity contribution in [2.75, 3.05) is 20.2 Å². The summed E-state index contributed by atoms with van der Waals surface area (Å²) in [5, 5.41) is 12.5. The molecule has 0 unspecified atom stereocenters. The Morgan fingerprint density at radius 1 is 1.17 bits per heavy atom. The zero-order chi connectivity index (χ0) is 24.9. The Kier molecular flexibility index (Phi) is 7.83. The summed E-state index contributed by atoms with van der Waals surface area (Å²) in [4.78, 5) is 18.3. The summed E-state index contributed by atoms with van der Waals surface area (Å²) < 4.78 is 7.50. The first-order valence-corrected chi connectivity index (χ1v) is 12.2. The molecule has 0 spiro atoms. The van der Waals surface area contributed by atoms with Gasteiger partial charge in [-0.3, -0.25) is 14.4 Å². The number of amides is 1. The zero-order valence-corrected chi connectivity index (χ0v) is 21.0. The first-order chi connectivity index (χ1) is 16.9. The summed E-state index contributed by atoms with van der Waals surface area (Å²) in [5.74, 6) is 1.52. The van der Waals surface area contributed by atoms with E-state index >= 15 is 0 Å². The van der Waals surface area contributed by atoms with E-state index in [9.17, 15) is 4.79 Å². The average molecular weight is 495 g/mol. The zero-order valence-electron chi connectivity index (χ0n) is 20.3. The van der Waals surface area contributed by atoms with Crippen molar-refractivity contribution in [3.63, 3.8) is 0 Å². The second-order valence-corrected chi connectivity index (χ2v) is 9.12. The number of fused-ring (bicyclic) bond motifs is 3. The second kappa shape index (κ2) is 11.0. The highest BCUT2D eigenvalue weighted by Gasteiger charge is 2.34. The molecule has 2 aromatic carbocycles. The van der Waals surface area contributed by atoms with E-state index < -0.39 is 12.0 Å². The van der Waals surface area contributed by atoms with E-state index in [1.54, 1.807) is 7.11 Å². The number of rotatable bonds is 9. The number of nitrogens with zero attached hydrogens (tertiary/aromatic N) is 4. The maximum absolute atomic E-state index is 13.2. The van der Waals surface area contributed by atoms with E-state index in [1.807, 2.05) is 60.9 Å². The molecule has 8 nitrogen and oxygen atoms in total. The van der Waals surface area contributed by atoms with Gasteiger partial charge in [0, 0.05) is 22.7 Å². The van der Waals surface area contributed by atoms with Crippen LogP contribution in [0, 0.1) is 12.8 Å². The minimum atomic E-state index is -0.538. The molecular weight excluding hydrogens is 464 g/mol. The van der Waals surface area contributed by atoms with Gasteiger partial charge in [0.2, 0.25) is 5.91 Å². The van der Waals surface area contributed by atoms with Crippen LogP contribution in [-0.4, -0.2) is 46.6 Å². The SMILES string of the molecule is COc1ccc2c(c1)C(c1ccc(Cl)cc1)=N[C@@H]([C@@H](C)C(=O)NCCCCCN)c1nnc(C)n1-2. The highest BCUT2D eigenvalue weighted by molar-refractivity contribution is 6.30. The number of halogens is 1.